The molecule has 2 aromatic carbocycles. The van der Waals surface area contributed by atoms with Gasteiger partial charge < -0.3 is 13.7 Å². The smallest absolute Gasteiger partial charge is 0.277 e. The van der Waals surface area contributed by atoms with Crippen molar-refractivity contribution in [3.8, 4) is 17.2 Å². The summed E-state index contributed by atoms with van der Waals surface area (Å²) in [5.41, 5.74) is 0.672. The highest BCUT2D eigenvalue weighted by molar-refractivity contribution is 7.98. The van der Waals surface area contributed by atoms with Crippen molar-refractivity contribution in [2.75, 3.05) is 0 Å². The third kappa shape index (κ3) is 4.49. The highest BCUT2D eigenvalue weighted by Gasteiger charge is 2.14. The fourth-order valence-electron chi connectivity index (χ4n) is 2.21. The number of hydrogen-bond donors (Lipinski definition) is 0. The van der Waals surface area contributed by atoms with Crippen molar-refractivity contribution in [2.24, 2.45) is 0 Å². The summed E-state index contributed by atoms with van der Waals surface area (Å²) in [4.78, 5) is 4.32. The van der Waals surface area contributed by atoms with Crippen molar-refractivity contribution in [3.05, 3.63) is 71.1 Å². The average molecular weight is 419 g/mol. The maximum absolute atomic E-state index is 12.9. The molecule has 0 radical (unpaired) electrons. The number of ether oxygens (including phenoxy) is 1. The van der Waals surface area contributed by atoms with Gasteiger partial charge in [0.25, 0.3) is 17.0 Å². The second-order valence-electron chi connectivity index (χ2n) is 5.49. The molecule has 7 nitrogen and oxygen atoms in total. The summed E-state index contributed by atoms with van der Waals surface area (Å²) in [5, 5.41) is 12.7. The van der Waals surface area contributed by atoms with Gasteiger partial charge in [0.05, 0.1) is 16.3 Å². The van der Waals surface area contributed by atoms with E-state index in [2.05, 4.69) is 20.3 Å². The number of hydrogen-bond acceptors (Lipinski definition) is 8. The van der Waals surface area contributed by atoms with Crippen LogP contribution in [-0.2, 0) is 12.4 Å². The van der Waals surface area contributed by atoms with Crippen LogP contribution in [0, 0.1) is 5.82 Å². The lowest BCUT2D eigenvalue weighted by Gasteiger charge is -2.01. The fraction of sp³-hybridized carbons (Fsp3) is 0.111. The standard InChI is InChI=1S/C18H12ClFN4O3S/c19-14-4-2-1-3-13(14)17-21-15(24-27-17)10-28-18-23-22-16(26-18)9-25-12-7-5-11(20)6-8-12/h1-8H,9-10H2. The van der Waals surface area contributed by atoms with E-state index in [0.717, 1.165) is 0 Å². The van der Waals surface area contributed by atoms with Crippen LogP contribution in [0.25, 0.3) is 11.5 Å². The first-order chi connectivity index (χ1) is 13.7. The number of nitrogens with zero attached hydrogens (tertiary/aromatic N) is 4. The van der Waals surface area contributed by atoms with Gasteiger partial charge in [0.15, 0.2) is 12.4 Å². The Hall–Kier alpha value is -2.91. The van der Waals surface area contributed by atoms with Gasteiger partial charge >= 0.3 is 0 Å². The predicted octanol–water partition coefficient (Wildman–Crippen LogP) is 4.78. The molecule has 142 valence electrons. The second-order valence-corrected chi connectivity index (χ2v) is 6.82. The van der Waals surface area contributed by atoms with Crippen molar-refractivity contribution in [2.45, 2.75) is 17.6 Å². The molecule has 28 heavy (non-hydrogen) atoms. The molecule has 4 rings (SSSR count). The Bertz CT molecular complexity index is 1070. The molecule has 2 heterocycles. The summed E-state index contributed by atoms with van der Waals surface area (Å²) in [6, 6.07) is 12.9. The Morgan fingerprint density at radius 1 is 1.07 bits per heavy atom. The van der Waals surface area contributed by atoms with Crippen LogP contribution in [0.2, 0.25) is 5.02 Å². The number of rotatable bonds is 7. The van der Waals surface area contributed by atoms with Crippen LogP contribution >= 0.6 is 23.4 Å². The van der Waals surface area contributed by atoms with Crippen molar-refractivity contribution in [3.63, 3.8) is 0 Å². The van der Waals surface area contributed by atoms with Gasteiger partial charge in [0.1, 0.15) is 11.6 Å². The van der Waals surface area contributed by atoms with E-state index >= 15 is 0 Å². The first-order valence-electron chi connectivity index (χ1n) is 8.08. The number of thioether (sulfide) groups is 1. The van der Waals surface area contributed by atoms with E-state index in [1.807, 2.05) is 12.1 Å². The summed E-state index contributed by atoms with van der Waals surface area (Å²) in [5.74, 6) is 1.68. The molecule has 0 aliphatic carbocycles. The zero-order valence-corrected chi connectivity index (χ0v) is 15.8. The zero-order valence-electron chi connectivity index (χ0n) is 14.2. The molecular formula is C18H12ClFN4O3S. The van der Waals surface area contributed by atoms with E-state index in [1.54, 1.807) is 12.1 Å². The van der Waals surface area contributed by atoms with Crippen LogP contribution in [0.3, 0.4) is 0 Å². The molecular weight excluding hydrogens is 407 g/mol. The van der Waals surface area contributed by atoms with Gasteiger partial charge in [0, 0.05) is 0 Å². The highest BCUT2D eigenvalue weighted by Crippen LogP contribution is 2.27. The van der Waals surface area contributed by atoms with E-state index < -0.39 is 0 Å². The Balaban J connectivity index is 1.32. The quantitative estimate of drug-likeness (QED) is 0.396. The van der Waals surface area contributed by atoms with Crippen molar-refractivity contribution < 1.29 is 18.1 Å². The minimum absolute atomic E-state index is 0.0814. The third-order valence-corrected chi connectivity index (χ3v) is 4.67. The fourth-order valence-corrected chi connectivity index (χ4v) is 3.05. The van der Waals surface area contributed by atoms with Crippen LogP contribution in [0.1, 0.15) is 11.7 Å². The van der Waals surface area contributed by atoms with Crippen molar-refractivity contribution in [1.29, 1.82) is 0 Å². The molecule has 4 aromatic rings. The van der Waals surface area contributed by atoms with Gasteiger partial charge in [0.2, 0.25) is 0 Å². The molecule has 0 spiro atoms. The van der Waals surface area contributed by atoms with Gasteiger partial charge in [-0.2, -0.15) is 4.98 Å². The Morgan fingerprint density at radius 2 is 1.89 bits per heavy atom. The molecule has 10 heteroatoms. The number of aromatic nitrogens is 4. The van der Waals surface area contributed by atoms with Crippen LogP contribution in [0.4, 0.5) is 4.39 Å². The van der Waals surface area contributed by atoms with Crippen LogP contribution in [-0.4, -0.2) is 20.3 Å². The second kappa shape index (κ2) is 8.41. The summed E-state index contributed by atoms with van der Waals surface area (Å²) in [6.07, 6.45) is 0. The average Bonchev–Trinajstić information content (AvgIpc) is 3.36. The maximum Gasteiger partial charge on any atom is 0.277 e. The van der Waals surface area contributed by atoms with Gasteiger partial charge in [-0.1, -0.05) is 40.7 Å². The Labute approximate surface area is 167 Å². The SMILES string of the molecule is Fc1ccc(OCc2nnc(SCc3noc(-c4ccccc4Cl)n3)o2)cc1. The lowest BCUT2D eigenvalue weighted by atomic mass is 10.2. The predicted molar refractivity (Wildman–Crippen MR) is 99.3 cm³/mol. The first kappa shape index (κ1) is 18.5. The minimum atomic E-state index is -0.331. The van der Waals surface area contributed by atoms with E-state index in [-0.39, 0.29) is 12.4 Å². The van der Waals surface area contributed by atoms with Gasteiger partial charge in [-0.15, -0.1) is 10.2 Å². The monoisotopic (exact) mass is 418 g/mol. The van der Waals surface area contributed by atoms with E-state index in [4.69, 9.17) is 25.3 Å². The topological polar surface area (TPSA) is 87.1 Å². The summed E-state index contributed by atoms with van der Waals surface area (Å²) in [7, 11) is 0. The lowest BCUT2D eigenvalue weighted by Crippen LogP contribution is -1.95. The highest BCUT2D eigenvalue weighted by atomic mass is 35.5. The molecule has 2 aromatic heterocycles. The number of halogens is 2. The van der Waals surface area contributed by atoms with Crippen LogP contribution < -0.4 is 4.74 Å². The summed E-state index contributed by atoms with van der Waals surface area (Å²) >= 11 is 7.40. The summed E-state index contributed by atoms with van der Waals surface area (Å²) < 4.78 is 29.1. The molecule has 0 fully saturated rings. The molecule has 0 bridgehead atoms. The zero-order chi connectivity index (χ0) is 19.3. The van der Waals surface area contributed by atoms with Crippen LogP contribution in [0.5, 0.6) is 5.75 Å². The molecule has 0 aliphatic rings. The van der Waals surface area contributed by atoms with E-state index in [0.29, 0.717) is 44.9 Å². The van der Waals surface area contributed by atoms with E-state index in [1.165, 1.54) is 36.0 Å². The minimum Gasteiger partial charge on any atom is -0.484 e. The van der Waals surface area contributed by atoms with Gasteiger partial charge in [-0.25, -0.2) is 4.39 Å². The van der Waals surface area contributed by atoms with Gasteiger partial charge in [-0.05, 0) is 36.4 Å². The Morgan fingerprint density at radius 3 is 2.71 bits per heavy atom. The molecule has 0 saturated heterocycles. The van der Waals surface area contributed by atoms with Crippen molar-refractivity contribution >= 4 is 23.4 Å². The Kier molecular flexibility index (Phi) is 5.54. The first-order valence-corrected chi connectivity index (χ1v) is 9.45. The summed E-state index contributed by atoms with van der Waals surface area (Å²) in [6.45, 7) is 0.0814. The molecule has 0 atom stereocenters. The molecule has 0 aliphatic heterocycles. The van der Waals surface area contributed by atoms with Crippen molar-refractivity contribution in [1.82, 2.24) is 20.3 Å². The third-order valence-electron chi connectivity index (χ3n) is 3.52. The number of benzene rings is 2. The molecule has 0 N–H and O–H groups in total. The van der Waals surface area contributed by atoms with Gasteiger partial charge in [-0.3, -0.25) is 0 Å². The molecule has 0 amide bonds. The van der Waals surface area contributed by atoms with E-state index in [9.17, 15) is 4.39 Å². The molecule has 0 saturated carbocycles. The largest absolute Gasteiger partial charge is 0.484 e. The maximum atomic E-state index is 12.9. The molecule has 0 unspecified atom stereocenters. The lowest BCUT2D eigenvalue weighted by molar-refractivity contribution is 0.252. The normalized spacial score (nSPS) is 10.9. The van der Waals surface area contributed by atoms with Crippen LogP contribution in [0.15, 0.2) is 62.7 Å².